The Bertz CT molecular complexity index is 383. The number of thiazole rings is 1. The molecule has 0 fully saturated rings. The van der Waals surface area contributed by atoms with Crippen LogP contribution in [0, 0.1) is 5.92 Å². The quantitative estimate of drug-likeness (QED) is 0.672. The number of aromatic nitrogens is 1. The van der Waals surface area contributed by atoms with Crippen molar-refractivity contribution in [3.05, 3.63) is 20.7 Å². The lowest BCUT2D eigenvalue weighted by atomic mass is 10.2. The molecule has 1 rings (SSSR count). The highest BCUT2D eigenvalue weighted by molar-refractivity contribution is 7.07. The number of hydrogen-bond acceptors (Lipinski definition) is 4. The second-order valence-corrected chi connectivity index (χ2v) is 4.82. The van der Waals surface area contributed by atoms with Gasteiger partial charge in [0.1, 0.15) is 0 Å². The fourth-order valence-corrected chi connectivity index (χ4v) is 1.67. The standard InChI is InChI=1S/C10H17N3O2S/c1-7(2)3-12-9(14)5-11-4-8-6-16-10(15)13-8/h6-7,11H,3-5H2,1-2H3,(H,12,14)(H,13,15). The highest BCUT2D eigenvalue weighted by atomic mass is 32.1. The number of amides is 1. The average Bonchev–Trinajstić information content (AvgIpc) is 2.61. The molecule has 0 unspecified atom stereocenters. The molecule has 1 aromatic rings. The van der Waals surface area contributed by atoms with Gasteiger partial charge in [-0.25, -0.2) is 0 Å². The van der Waals surface area contributed by atoms with Crippen molar-refractivity contribution in [2.24, 2.45) is 5.92 Å². The van der Waals surface area contributed by atoms with Crippen LogP contribution in [0.2, 0.25) is 0 Å². The maximum atomic E-state index is 11.3. The minimum absolute atomic E-state index is 0.0220. The first-order chi connectivity index (χ1) is 7.58. The molecule has 0 radical (unpaired) electrons. The molecule has 0 aliphatic carbocycles. The van der Waals surface area contributed by atoms with Gasteiger partial charge in [0.2, 0.25) is 5.91 Å². The van der Waals surface area contributed by atoms with Crippen molar-refractivity contribution in [2.45, 2.75) is 20.4 Å². The van der Waals surface area contributed by atoms with Crippen LogP contribution in [0.15, 0.2) is 10.2 Å². The summed E-state index contributed by atoms with van der Waals surface area (Å²) in [4.78, 5) is 24.7. The molecule has 0 aliphatic rings. The van der Waals surface area contributed by atoms with Gasteiger partial charge >= 0.3 is 4.87 Å². The van der Waals surface area contributed by atoms with Crippen LogP contribution in [0.4, 0.5) is 0 Å². The van der Waals surface area contributed by atoms with Crippen LogP contribution in [0.3, 0.4) is 0 Å². The minimum Gasteiger partial charge on any atom is -0.355 e. The predicted molar refractivity (Wildman–Crippen MR) is 64.5 cm³/mol. The van der Waals surface area contributed by atoms with Gasteiger partial charge in [0, 0.05) is 24.2 Å². The van der Waals surface area contributed by atoms with Crippen molar-refractivity contribution in [3.63, 3.8) is 0 Å². The van der Waals surface area contributed by atoms with Gasteiger partial charge in [-0.2, -0.15) is 0 Å². The molecule has 0 aromatic carbocycles. The molecule has 0 aliphatic heterocycles. The number of rotatable bonds is 6. The third-order valence-electron chi connectivity index (χ3n) is 1.88. The monoisotopic (exact) mass is 243 g/mol. The van der Waals surface area contributed by atoms with Gasteiger partial charge in [0.05, 0.1) is 6.54 Å². The van der Waals surface area contributed by atoms with Crippen LogP contribution in [0.25, 0.3) is 0 Å². The van der Waals surface area contributed by atoms with Crippen molar-refractivity contribution in [1.82, 2.24) is 15.6 Å². The van der Waals surface area contributed by atoms with Crippen LogP contribution in [0.1, 0.15) is 19.5 Å². The molecule has 6 heteroatoms. The Morgan fingerprint density at radius 1 is 1.56 bits per heavy atom. The maximum Gasteiger partial charge on any atom is 0.304 e. The van der Waals surface area contributed by atoms with Gasteiger partial charge in [-0.1, -0.05) is 25.2 Å². The fraction of sp³-hybridized carbons (Fsp3) is 0.600. The zero-order valence-electron chi connectivity index (χ0n) is 9.50. The van der Waals surface area contributed by atoms with Gasteiger partial charge in [-0.3, -0.25) is 9.59 Å². The zero-order valence-corrected chi connectivity index (χ0v) is 10.3. The van der Waals surface area contributed by atoms with Crippen molar-refractivity contribution >= 4 is 17.2 Å². The normalized spacial score (nSPS) is 10.7. The summed E-state index contributed by atoms with van der Waals surface area (Å²) in [6.45, 7) is 5.56. The number of nitrogens with one attached hydrogen (secondary N) is 3. The van der Waals surface area contributed by atoms with E-state index in [0.29, 0.717) is 19.0 Å². The van der Waals surface area contributed by atoms with Crippen LogP contribution in [0.5, 0.6) is 0 Å². The number of H-pyrrole nitrogens is 1. The summed E-state index contributed by atoms with van der Waals surface area (Å²) in [5.74, 6) is 0.434. The summed E-state index contributed by atoms with van der Waals surface area (Å²) < 4.78 is 0. The molecule has 1 amide bonds. The van der Waals surface area contributed by atoms with E-state index in [0.717, 1.165) is 17.0 Å². The third kappa shape index (κ3) is 5.09. The second-order valence-electron chi connectivity index (χ2n) is 3.97. The Labute approximate surface area is 98.3 Å². The van der Waals surface area contributed by atoms with Crippen LogP contribution in [-0.4, -0.2) is 24.0 Å². The Kier molecular flexibility index (Phi) is 5.21. The number of carbonyl (C=O) groups excluding carboxylic acids is 1. The van der Waals surface area contributed by atoms with Crippen molar-refractivity contribution in [2.75, 3.05) is 13.1 Å². The van der Waals surface area contributed by atoms with Crippen LogP contribution < -0.4 is 15.5 Å². The van der Waals surface area contributed by atoms with Gasteiger partial charge in [-0.05, 0) is 5.92 Å². The van der Waals surface area contributed by atoms with Crippen LogP contribution >= 0.6 is 11.3 Å². The van der Waals surface area contributed by atoms with E-state index in [4.69, 9.17) is 0 Å². The molecule has 0 bridgehead atoms. The van der Waals surface area contributed by atoms with Crippen LogP contribution in [-0.2, 0) is 11.3 Å². The molecule has 0 spiro atoms. The molecule has 0 atom stereocenters. The average molecular weight is 243 g/mol. The molecule has 3 N–H and O–H groups in total. The van der Waals surface area contributed by atoms with E-state index in [-0.39, 0.29) is 17.3 Å². The highest BCUT2D eigenvalue weighted by Gasteiger charge is 2.02. The van der Waals surface area contributed by atoms with Gasteiger partial charge in [0.15, 0.2) is 0 Å². The Balaban J connectivity index is 2.15. The van der Waals surface area contributed by atoms with Gasteiger partial charge < -0.3 is 15.6 Å². The number of carbonyl (C=O) groups is 1. The zero-order chi connectivity index (χ0) is 12.0. The first-order valence-electron chi connectivity index (χ1n) is 5.22. The van der Waals surface area contributed by atoms with Gasteiger partial charge in [0.25, 0.3) is 0 Å². The van der Waals surface area contributed by atoms with E-state index in [9.17, 15) is 9.59 Å². The molecule has 1 aromatic heterocycles. The fourth-order valence-electron chi connectivity index (χ4n) is 1.09. The Hall–Kier alpha value is -1.14. The Morgan fingerprint density at radius 3 is 2.88 bits per heavy atom. The lowest BCUT2D eigenvalue weighted by molar-refractivity contribution is -0.120. The summed E-state index contributed by atoms with van der Waals surface area (Å²) in [6, 6.07) is 0. The summed E-state index contributed by atoms with van der Waals surface area (Å²) in [7, 11) is 0. The first-order valence-corrected chi connectivity index (χ1v) is 6.10. The summed E-state index contributed by atoms with van der Waals surface area (Å²) in [5.41, 5.74) is 0.812. The molecule has 1 heterocycles. The molecule has 0 saturated carbocycles. The van der Waals surface area contributed by atoms with Crippen molar-refractivity contribution < 1.29 is 4.79 Å². The first kappa shape index (κ1) is 12.9. The summed E-state index contributed by atoms with van der Waals surface area (Å²) in [5, 5.41) is 7.52. The highest BCUT2D eigenvalue weighted by Crippen LogP contribution is 1.93. The SMILES string of the molecule is CC(C)CNC(=O)CNCc1csc(=O)[nH]1. The van der Waals surface area contributed by atoms with E-state index in [1.807, 2.05) is 13.8 Å². The predicted octanol–water partition coefficient (Wildman–Crippen LogP) is 0.298. The van der Waals surface area contributed by atoms with Crippen molar-refractivity contribution in [1.29, 1.82) is 0 Å². The molecular formula is C10H17N3O2S. The third-order valence-corrected chi connectivity index (χ3v) is 2.60. The lowest BCUT2D eigenvalue weighted by Crippen LogP contribution is -2.35. The number of aromatic amines is 1. The van der Waals surface area contributed by atoms with E-state index < -0.39 is 0 Å². The summed E-state index contributed by atoms with van der Waals surface area (Å²) in [6.07, 6.45) is 0. The maximum absolute atomic E-state index is 11.3. The molecule has 16 heavy (non-hydrogen) atoms. The topological polar surface area (TPSA) is 74.0 Å². The smallest absolute Gasteiger partial charge is 0.304 e. The summed E-state index contributed by atoms with van der Waals surface area (Å²) >= 11 is 1.13. The minimum atomic E-state index is -0.0685. The molecule has 90 valence electrons. The van der Waals surface area contributed by atoms with E-state index in [1.54, 1.807) is 5.38 Å². The largest absolute Gasteiger partial charge is 0.355 e. The van der Waals surface area contributed by atoms with E-state index in [2.05, 4.69) is 15.6 Å². The second kappa shape index (κ2) is 6.44. The van der Waals surface area contributed by atoms with E-state index >= 15 is 0 Å². The van der Waals surface area contributed by atoms with Crippen molar-refractivity contribution in [3.8, 4) is 0 Å². The Morgan fingerprint density at radius 2 is 2.31 bits per heavy atom. The molecular weight excluding hydrogens is 226 g/mol. The molecule has 0 saturated heterocycles. The molecule has 5 nitrogen and oxygen atoms in total. The van der Waals surface area contributed by atoms with E-state index in [1.165, 1.54) is 0 Å². The number of hydrogen-bond donors (Lipinski definition) is 3. The van der Waals surface area contributed by atoms with Gasteiger partial charge in [-0.15, -0.1) is 0 Å². The lowest BCUT2D eigenvalue weighted by Gasteiger charge is -2.07.